The van der Waals surface area contributed by atoms with Gasteiger partial charge in [0.05, 0.1) is 0 Å². The van der Waals surface area contributed by atoms with Crippen molar-refractivity contribution < 1.29 is 9.90 Å². The third-order valence-electron chi connectivity index (χ3n) is 2.70. The first-order valence-corrected chi connectivity index (χ1v) is 4.80. The molecule has 0 saturated carbocycles. The Kier molecular flexibility index (Phi) is 2.32. The van der Waals surface area contributed by atoms with Gasteiger partial charge in [0.2, 0.25) is 0 Å². The van der Waals surface area contributed by atoms with Crippen LogP contribution in [-0.2, 0) is 4.79 Å². The van der Waals surface area contributed by atoms with Crippen LogP contribution in [0, 0.1) is 0 Å². The molecular weight excluding hydrogens is 194 g/mol. The van der Waals surface area contributed by atoms with Crippen LogP contribution in [0.3, 0.4) is 0 Å². The Balaban J connectivity index is 2.14. The van der Waals surface area contributed by atoms with Crippen LogP contribution >= 0.6 is 0 Å². The topological polar surface area (TPSA) is 79.5 Å². The molecule has 1 aliphatic rings. The minimum Gasteiger partial charge on any atom is -0.480 e. The molecule has 3 N–H and O–H groups in total. The smallest absolute Gasteiger partial charge is 0.325 e. The van der Waals surface area contributed by atoms with Gasteiger partial charge in [-0.05, 0) is 18.6 Å². The molecule has 1 atom stereocenters. The van der Waals surface area contributed by atoms with Crippen LogP contribution in [0.1, 0.15) is 6.42 Å². The molecule has 0 radical (unpaired) electrons. The highest BCUT2D eigenvalue weighted by Crippen LogP contribution is 2.23. The van der Waals surface area contributed by atoms with Crippen molar-refractivity contribution in [3.8, 4) is 0 Å². The Hall–Kier alpha value is -1.62. The third kappa shape index (κ3) is 1.78. The number of hydrogen-bond donors (Lipinski definition) is 2. The van der Waals surface area contributed by atoms with E-state index in [1.807, 2.05) is 23.1 Å². The zero-order chi connectivity index (χ0) is 10.9. The van der Waals surface area contributed by atoms with Crippen molar-refractivity contribution in [3.05, 3.63) is 24.4 Å². The van der Waals surface area contributed by atoms with Crippen LogP contribution in [0.15, 0.2) is 24.4 Å². The van der Waals surface area contributed by atoms with Gasteiger partial charge < -0.3 is 15.7 Å². The number of anilines is 1. The average Bonchev–Trinajstić information content (AvgIpc) is 2.64. The molecule has 1 saturated heterocycles. The lowest BCUT2D eigenvalue weighted by molar-refractivity contribution is -0.142. The van der Waals surface area contributed by atoms with Gasteiger partial charge in [-0.3, -0.25) is 4.79 Å². The summed E-state index contributed by atoms with van der Waals surface area (Å²) in [6, 6.07) is 5.56. The number of carbonyl (C=O) groups is 1. The molecule has 2 heterocycles. The van der Waals surface area contributed by atoms with E-state index in [2.05, 4.69) is 4.98 Å². The minimum absolute atomic E-state index is 0.319. The first-order valence-electron chi connectivity index (χ1n) is 4.80. The molecule has 2 rings (SSSR count). The van der Waals surface area contributed by atoms with E-state index in [0.29, 0.717) is 19.5 Å². The standard InChI is InChI=1S/C10H13N3O2/c11-10(9(14)15)4-6-13(7-10)8-3-1-2-5-12-8/h1-3,5H,4,6-7,11H2,(H,14,15). The van der Waals surface area contributed by atoms with Gasteiger partial charge >= 0.3 is 5.97 Å². The second-order valence-corrected chi connectivity index (χ2v) is 3.82. The highest BCUT2D eigenvalue weighted by atomic mass is 16.4. The van der Waals surface area contributed by atoms with Crippen LogP contribution in [0.5, 0.6) is 0 Å². The largest absolute Gasteiger partial charge is 0.480 e. The molecule has 5 nitrogen and oxygen atoms in total. The van der Waals surface area contributed by atoms with Crippen LogP contribution < -0.4 is 10.6 Å². The molecule has 1 fully saturated rings. The Bertz CT molecular complexity index is 368. The van der Waals surface area contributed by atoms with Crippen molar-refractivity contribution in [1.82, 2.24) is 4.98 Å². The summed E-state index contributed by atoms with van der Waals surface area (Å²) in [4.78, 5) is 17.0. The Morgan fingerprint density at radius 1 is 1.60 bits per heavy atom. The SMILES string of the molecule is NC1(C(=O)O)CCN(c2ccccn2)C1. The van der Waals surface area contributed by atoms with Crippen molar-refractivity contribution in [2.24, 2.45) is 5.73 Å². The van der Waals surface area contributed by atoms with E-state index in [9.17, 15) is 4.79 Å². The summed E-state index contributed by atoms with van der Waals surface area (Å²) >= 11 is 0. The molecule has 1 aromatic heterocycles. The Morgan fingerprint density at radius 3 is 2.93 bits per heavy atom. The number of nitrogens with two attached hydrogens (primary N) is 1. The number of rotatable bonds is 2. The van der Waals surface area contributed by atoms with Crippen molar-refractivity contribution in [1.29, 1.82) is 0 Å². The number of hydrogen-bond acceptors (Lipinski definition) is 4. The number of carboxylic acid groups (broad SMARTS) is 1. The number of aliphatic carboxylic acids is 1. The summed E-state index contributed by atoms with van der Waals surface area (Å²) in [6.45, 7) is 0.957. The van der Waals surface area contributed by atoms with Gasteiger partial charge in [-0.2, -0.15) is 0 Å². The fourth-order valence-electron chi connectivity index (χ4n) is 1.74. The molecule has 1 aromatic rings. The number of carboxylic acids is 1. The van der Waals surface area contributed by atoms with E-state index < -0.39 is 11.5 Å². The molecule has 0 aliphatic carbocycles. The second-order valence-electron chi connectivity index (χ2n) is 3.82. The average molecular weight is 207 g/mol. The van der Waals surface area contributed by atoms with Gasteiger partial charge in [-0.1, -0.05) is 6.07 Å². The van der Waals surface area contributed by atoms with Crippen LogP contribution in [-0.4, -0.2) is 34.7 Å². The van der Waals surface area contributed by atoms with Gasteiger partial charge in [0.1, 0.15) is 11.4 Å². The van der Waals surface area contributed by atoms with E-state index in [1.54, 1.807) is 6.20 Å². The van der Waals surface area contributed by atoms with Crippen molar-refractivity contribution in [3.63, 3.8) is 0 Å². The molecule has 0 aromatic carbocycles. The van der Waals surface area contributed by atoms with Gasteiger partial charge in [-0.25, -0.2) is 4.98 Å². The second kappa shape index (κ2) is 3.51. The van der Waals surface area contributed by atoms with Crippen LogP contribution in [0.4, 0.5) is 5.82 Å². The van der Waals surface area contributed by atoms with Crippen molar-refractivity contribution in [2.45, 2.75) is 12.0 Å². The molecule has 5 heteroatoms. The van der Waals surface area contributed by atoms with Gasteiger partial charge in [0.15, 0.2) is 0 Å². The molecule has 80 valence electrons. The van der Waals surface area contributed by atoms with Gasteiger partial charge in [0, 0.05) is 19.3 Å². The maximum atomic E-state index is 10.9. The van der Waals surface area contributed by atoms with E-state index in [-0.39, 0.29) is 0 Å². The van der Waals surface area contributed by atoms with Crippen molar-refractivity contribution >= 4 is 11.8 Å². The summed E-state index contributed by atoms with van der Waals surface area (Å²) < 4.78 is 0. The molecule has 0 bridgehead atoms. The predicted octanol–water partition coefficient (Wildman–Crippen LogP) is 0.0738. The number of aromatic nitrogens is 1. The predicted molar refractivity (Wildman–Crippen MR) is 55.6 cm³/mol. The zero-order valence-corrected chi connectivity index (χ0v) is 8.26. The Labute approximate surface area is 87.5 Å². The summed E-state index contributed by atoms with van der Waals surface area (Å²) in [6.07, 6.45) is 2.14. The maximum absolute atomic E-state index is 10.9. The quantitative estimate of drug-likeness (QED) is 0.717. The lowest BCUT2D eigenvalue weighted by atomic mass is 10.0. The molecule has 1 aliphatic heterocycles. The van der Waals surface area contributed by atoms with Crippen LogP contribution in [0.2, 0.25) is 0 Å². The van der Waals surface area contributed by atoms with Crippen molar-refractivity contribution in [2.75, 3.05) is 18.0 Å². The first kappa shape index (κ1) is 9.92. The monoisotopic (exact) mass is 207 g/mol. The summed E-state index contributed by atoms with van der Waals surface area (Å²) in [5.41, 5.74) is 4.63. The maximum Gasteiger partial charge on any atom is 0.325 e. The van der Waals surface area contributed by atoms with E-state index in [1.165, 1.54) is 0 Å². The molecular formula is C10H13N3O2. The molecule has 0 amide bonds. The van der Waals surface area contributed by atoms with E-state index in [0.717, 1.165) is 5.82 Å². The zero-order valence-electron chi connectivity index (χ0n) is 8.26. The fraction of sp³-hybridized carbons (Fsp3) is 0.400. The normalized spacial score (nSPS) is 25.5. The summed E-state index contributed by atoms with van der Waals surface area (Å²) in [5, 5.41) is 8.97. The highest BCUT2D eigenvalue weighted by molar-refractivity contribution is 5.80. The lowest BCUT2D eigenvalue weighted by Gasteiger charge is -2.20. The summed E-state index contributed by atoms with van der Waals surface area (Å²) in [5.74, 6) is -0.160. The van der Waals surface area contributed by atoms with E-state index >= 15 is 0 Å². The first-order chi connectivity index (χ1) is 7.12. The lowest BCUT2D eigenvalue weighted by Crippen LogP contribution is -2.50. The van der Waals surface area contributed by atoms with Gasteiger partial charge in [0.25, 0.3) is 0 Å². The number of pyridine rings is 1. The fourth-order valence-corrected chi connectivity index (χ4v) is 1.74. The minimum atomic E-state index is -1.13. The summed E-state index contributed by atoms with van der Waals surface area (Å²) in [7, 11) is 0. The number of nitrogens with zero attached hydrogens (tertiary/aromatic N) is 2. The molecule has 0 spiro atoms. The molecule has 1 unspecified atom stereocenters. The molecule has 15 heavy (non-hydrogen) atoms. The third-order valence-corrected chi connectivity index (χ3v) is 2.70. The Morgan fingerprint density at radius 2 is 2.40 bits per heavy atom. The van der Waals surface area contributed by atoms with Crippen LogP contribution in [0.25, 0.3) is 0 Å². The highest BCUT2D eigenvalue weighted by Gasteiger charge is 2.41. The van der Waals surface area contributed by atoms with Gasteiger partial charge in [-0.15, -0.1) is 0 Å². The van der Waals surface area contributed by atoms with E-state index in [4.69, 9.17) is 10.8 Å².